The minimum absolute atomic E-state index is 0.0311. The van der Waals surface area contributed by atoms with E-state index in [1.807, 2.05) is 6.07 Å². The summed E-state index contributed by atoms with van der Waals surface area (Å²) in [5.74, 6) is 0.0204. The van der Waals surface area contributed by atoms with Gasteiger partial charge in [0.2, 0.25) is 5.95 Å². The van der Waals surface area contributed by atoms with Crippen LogP contribution >= 0.6 is 35.0 Å². The number of nitrogen functional groups attached to an aromatic ring is 1. The van der Waals surface area contributed by atoms with Crippen molar-refractivity contribution in [2.24, 2.45) is 0 Å². The lowest BCUT2D eigenvalue weighted by Gasteiger charge is -2.11. The molecule has 0 saturated heterocycles. The van der Waals surface area contributed by atoms with Gasteiger partial charge in [0.15, 0.2) is 17.6 Å². The average Bonchev–Trinajstić information content (AvgIpc) is 2.81. The van der Waals surface area contributed by atoms with Crippen LogP contribution < -0.4 is 15.8 Å². The third-order valence-corrected chi connectivity index (χ3v) is 5.70. The number of nitrogens with one attached hydrogen (secondary N) is 1. The van der Waals surface area contributed by atoms with Crippen LogP contribution in [-0.4, -0.2) is 56.9 Å². The summed E-state index contributed by atoms with van der Waals surface area (Å²) < 4.78 is 5.31. The number of halogens is 2. The van der Waals surface area contributed by atoms with Crippen molar-refractivity contribution in [3.05, 3.63) is 52.0 Å². The number of carbonyl (C=O) groups is 1. The van der Waals surface area contributed by atoms with Crippen LogP contribution in [0.3, 0.4) is 0 Å². The number of aromatic nitrogens is 3. The molecule has 1 unspecified atom stereocenters. The van der Waals surface area contributed by atoms with Gasteiger partial charge in [0.25, 0.3) is 5.91 Å². The smallest absolute Gasteiger partial charge is 0.251 e. The van der Waals surface area contributed by atoms with E-state index in [0.717, 1.165) is 4.90 Å². The fourth-order valence-electron chi connectivity index (χ4n) is 2.62. The van der Waals surface area contributed by atoms with Crippen molar-refractivity contribution >= 4 is 46.8 Å². The normalized spacial score (nSPS) is 11.5. The van der Waals surface area contributed by atoms with E-state index in [-0.39, 0.29) is 51.8 Å². The molecule has 10 nitrogen and oxygen atoms in total. The number of aliphatic hydroxyl groups is 2. The number of hydrogen-bond donors (Lipinski definition) is 4. The molecule has 0 radical (unpaired) electrons. The molecule has 0 aliphatic rings. The van der Waals surface area contributed by atoms with Gasteiger partial charge in [-0.1, -0.05) is 23.2 Å². The highest BCUT2D eigenvalue weighted by Gasteiger charge is 2.16. The third kappa shape index (κ3) is 6.69. The molecule has 3 aromatic rings. The van der Waals surface area contributed by atoms with Crippen LogP contribution in [0.5, 0.6) is 5.75 Å². The maximum Gasteiger partial charge on any atom is 0.251 e. The molecule has 1 heterocycles. The molecule has 0 saturated carbocycles. The van der Waals surface area contributed by atoms with Crippen LogP contribution in [0, 0.1) is 11.3 Å². The molecule has 0 fully saturated rings. The van der Waals surface area contributed by atoms with E-state index in [2.05, 4.69) is 20.3 Å². The fraction of sp³-hybridized carbons (Fsp3) is 0.190. The van der Waals surface area contributed by atoms with E-state index in [4.69, 9.17) is 44.0 Å². The summed E-state index contributed by atoms with van der Waals surface area (Å²) in [7, 11) is 0. The summed E-state index contributed by atoms with van der Waals surface area (Å²) in [5, 5.41) is 30.2. The summed E-state index contributed by atoms with van der Waals surface area (Å²) in [6, 6.07) is 11.4. The van der Waals surface area contributed by atoms with Gasteiger partial charge >= 0.3 is 0 Å². The maximum absolute atomic E-state index is 12.1. The second-order valence-corrected chi connectivity index (χ2v) is 8.54. The molecule has 2 aromatic carbocycles. The van der Waals surface area contributed by atoms with Gasteiger partial charge in [0.1, 0.15) is 11.8 Å². The number of rotatable bonds is 9. The quantitative estimate of drug-likeness (QED) is 0.329. The molecule has 5 N–H and O–H groups in total. The number of carbonyl (C=O) groups excluding carboxylic acids is 1. The molecular weight excluding hydrogens is 503 g/mol. The summed E-state index contributed by atoms with van der Waals surface area (Å²) in [6.07, 6.45) is -1.02. The number of hydrogen-bond acceptors (Lipinski definition) is 10. The third-order valence-electron chi connectivity index (χ3n) is 4.22. The monoisotopic (exact) mass is 520 g/mol. The Morgan fingerprint density at radius 1 is 1.21 bits per heavy atom. The van der Waals surface area contributed by atoms with Crippen LogP contribution in [0.4, 0.5) is 5.95 Å². The number of nitrogens with two attached hydrogens (primary N) is 1. The van der Waals surface area contributed by atoms with Crippen molar-refractivity contribution in [1.29, 1.82) is 5.26 Å². The van der Waals surface area contributed by atoms with Gasteiger partial charge in [-0.3, -0.25) is 4.79 Å². The van der Waals surface area contributed by atoms with E-state index in [1.54, 1.807) is 24.3 Å². The Labute approximate surface area is 208 Å². The van der Waals surface area contributed by atoms with Gasteiger partial charge in [-0.2, -0.15) is 15.2 Å². The van der Waals surface area contributed by atoms with Crippen molar-refractivity contribution in [1.82, 2.24) is 20.3 Å². The van der Waals surface area contributed by atoms with Crippen molar-refractivity contribution < 1.29 is 19.7 Å². The number of amides is 1. The van der Waals surface area contributed by atoms with Crippen molar-refractivity contribution in [3.8, 4) is 23.2 Å². The molecule has 1 amide bonds. The van der Waals surface area contributed by atoms with Crippen LogP contribution in [0.2, 0.25) is 10.0 Å². The zero-order valence-electron chi connectivity index (χ0n) is 17.4. The van der Waals surface area contributed by atoms with Crippen molar-refractivity contribution in [2.75, 3.05) is 25.5 Å². The van der Waals surface area contributed by atoms with Crippen LogP contribution in [0.15, 0.2) is 46.5 Å². The number of nitriles is 1. The average molecular weight is 521 g/mol. The van der Waals surface area contributed by atoms with Crippen LogP contribution in [0.25, 0.3) is 11.4 Å². The van der Waals surface area contributed by atoms with Gasteiger partial charge in [-0.05, 0) is 48.2 Å². The highest BCUT2D eigenvalue weighted by molar-refractivity contribution is 7.99. The molecule has 1 aromatic heterocycles. The first-order chi connectivity index (χ1) is 16.3. The van der Waals surface area contributed by atoms with Gasteiger partial charge in [0, 0.05) is 22.6 Å². The molecule has 13 heteroatoms. The Hall–Kier alpha value is -3.14. The number of anilines is 1. The molecule has 176 valence electrons. The maximum atomic E-state index is 12.1. The molecule has 0 aliphatic heterocycles. The first kappa shape index (κ1) is 25.5. The second kappa shape index (κ2) is 11.8. The van der Waals surface area contributed by atoms with Gasteiger partial charge in [0.05, 0.1) is 22.8 Å². The fourth-order valence-corrected chi connectivity index (χ4v) is 3.89. The topological polar surface area (TPSA) is 167 Å². The predicted octanol–water partition coefficient (Wildman–Crippen LogP) is 2.56. The summed E-state index contributed by atoms with van der Waals surface area (Å²) in [4.78, 5) is 25.5. The van der Waals surface area contributed by atoms with E-state index in [9.17, 15) is 9.90 Å². The Morgan fingerprint density at radius 3 is 2.62 bits per heavy atom. The SMILES string of the molecule is N#CCOc1cc(-c2nc(N)nc(Sc3ccc(C(=O)NCC(O)CO)cc3)n2)c(Cl)cc1Cl. The molecule has 1 atom stereocenters. The van der Waals surface area contributed by atoms with Crippen molar-refractivity contribution in [2.45, 2.75) is 16.2 Å². The van der Waals surface area contributed by atoms with E-state index < -0.39 is 12.7 Å². The Bertz CT molecular complexity index is 1220. The van der Waals surface area contributed by atoms with E-state index in [0.29, 0.717) is 11.1 Å². The highest BCUT2D eigenvalue weighted by Crippen LogP contribution is 2.36. The standard InChI is InChI=1S/C21H18Cl2N6O4S/c22-15-8-16(23)17(33-6-5-24)7-14(15)18-27-20(25)29-21(28-18)34-13-3-1-11(2-4-13)19(32)26-9-12(31)10-30/h1-4,7-8,12,30-31H,6,9-10H2,(H,26,32)(H2,25,27,28,29). The lowest BCUT2D eigenvalue weighted by molar-refractivity contribution is 0.0802. The summed E-state index contributed by atoms with van der Waals surface area (Å²) in [5.41, 5.74) is 6.64. The Kier molecular flexibility index (Phi) is 8.86. The highest BCUT2D eigenvalue weighted by atomic mass is 35.5. The minimum atomic E-state index is -1.02. The molecule has 0 aliphatic carbocycles. The summed E-state index contributed by atoms with van der Waals surface area (Å²) >= 11 is 13.6. The number of ether oxygens (including phenoxy) is 1. The van der Waals surface area contributed by atoms with Gasteiger partial charge in [-0.25, -0.2) is 4.98 Å². The first-order valence-electron chi connectivity index (χ1n) is 9.66. The lowest BCUT2D eigenvalue weighted by Crippen LogP contribution is -2.33. The van der Waals surface area contributed by atoms with E-state index in [1.165, 1.54) is 23.9 Å². The Balaban J connectivity index is 1.80. The number of nitrogens with zero attached hydrogens (tertiary/aromatic N) is 4. The second-order valence-electron chi connectivity index (χ2n) is 6.68. The zero-order valence-corrected chi connectivity index (χ0v) is 19.7. The van der Waals surface area contributed by atoms with Crippen molar-refractivity contribution in [3.63, 3.8) is 0 Å². The molecular formula is C21H18Cl2N6O4S. The van der Waals surface area contributed by atoms with Gasteiger partial charge in [-0.15, -0.1) is 0 Å². The van der Waals surface area contributed by atoms with Gasteiger partial charge < -0.3 is 26.0 Å². The van der Waals surface area contributed by atoms with Crippen LogP contribution in [-0.2, 0) is 0 Å². The molecule has 3 rings (SSSR count). The number of aliphatic hydroxyl groups excluding tert-OH is 2. The summed E-state index contributed by atoms with van der Waals surface area (Å²) in [6.45, 7) is -0.700. The largest absolute Gasteiger partial charge is 0.477 e. The molecule has 34 heavy (non-hydrogen) atoms. The Morgan fingerprint density at radius 2 is 1.94 bits per heavy atom. The minimum Gasteiger partial charge on any atom is -0.477 e. The zero-order chi connectivity index (χ0) is 24.7. The number of benzene rings is 2. The van der Waals surface area contributed by atoms with Crippen LogP contribution in [0.1, 0.15) is 10.4 Å². The van der Waals surface area contributed by atoms with E-state index >= 15 is 0 Å². The molecule has 0 bridgehead atoms. The lowest BCUT2D eigenvalue weighted by atomic mass is 10.2. The predicted molar refractivity (Wildman–Crippen MR) is 127 cm³/mol. The molecule has 0 spiro atoms. The first-order valence-corrected chi connectivity index (χ1v) is 11.2.